The molecule has 2 N–H and O–H groups in total. The van der Waals surface area contributed by atoms with Crippen LogP contribution >= 0.6 is 0 Å². The molecule has 2 bridgehead atoms. The van der Waals surface area contributed by atoms with Crippen LogP contribution in [0, 0.1) is 23.2 Å². The van der Waals surface area contributed by atoms with Crippen molar-refractivity contribution >= 4 is 15.9 Å². The lowest BCUT2D eigenvalue weighted by Crippen LogP contribution is -2.61. The van der Waals surface area contributed by atoms with Gasteiger partial charge in [-0.1, -0.05) is 75.4 Å². The molecule has 0 radical (unpaired) electrons. The lowest BCUT2D eigenvalue weighted by Gasteiger charge is -2.62. The van der Waals surface area contributed by atoms with Crippen LogP contribution in [-0.2, 0) is 34.3 Å². The highest BCUT2D eigenvalue weighted by Gasteiger charge is 2.56. The van der Waals surface area contributed by atoms with Crippen molar-refractivity contribution in [2.75, 3.05) is 26.4 Å². The number of benzene rings is 2. The fourth-order valence-corrected chi connectivity index (χ4v) is 9.32. The molecule has 1 saturated heterocycles. The molecular formula is C33H48N4O3S. The number of amides is 1. The summed E-state index contributed by atoms with van der Waals surface area (Å²) in [5, 5.41) is 6.99. The lowest BCUT2D eigenvalue weighted by atomic mass is 9.45. The highest BCUT2D eigenvalue weighted by atomic mass is 32.2. The van der Waals surface area contributed by atoms with Crippen LogP contribution in [0.5, 0.6) is 0 Å². The second-order valence-corrected chi connectivity index (χ2v) is 15.6. The molecule has 3 saturated carbocycles. The third-order valence-electron chi connectivity index (χ3n) is 10.2. The summed E-state index contributed by atoms with van der Waals surface area (Å²) in [6.07, 6.45) is 3.52. The largest absolute Gasteiger partial charge is 0.352 e. The molecule has 8 heteroatoms. The van der Waals surface area contributed by atoms with Gasteiger partial charge in [-0.05, 0) is 79.6 Å². The molecule has 6 atom stereocenters. The van der Waals surface area contributed by atoms with Gasteiger partial charge in [-0.25, -0.2) is 8.42 Å². The van der Waals surface area contributed by atoms with E-state index in [-0.39, 0.29) is 30.3 Å². The predicted molar refractivity (Wildman–Crippen MR) is 165 cm³/mol. The number of hydrogen-bond donors (Lipinski definition) is 2. The normalized spacial score (nSPS) is 29.2. The Morgan fingerprint density at radius 3 is 2.44 bits per heavy atom. The molecule has 4 fully saturated rings. The molecule has 3 aliphatic carbocycles. The zero-order valence-electron chi connectivity index (χ0n) is 25.3. The fourth-order valence-electron chi connectivity index (χ4n) is 7.63. The van der Waals surface area contributed by atoms with Gasteiger partial charge >= 0.3 is 0 Å². The third kappa shape index (κ3) is 6.71. The summed E-state index contributed by atoms with van der Waals surface area (Å²) < 4.78 is 27.6. The Morgan fingerprint density at radius 1 is 1.05 bits per heavy atom. The van der Waals surface area contributed by atoms with Gasteiger partial charge in [0.05, 0.1) is 5.75 Å². The van der Waals surface area contributed by atoms with Crippen molar-refractivity contribution in [1.82, 2.24) is 19.8 Å². The van der Waals surface area contributed by atoms with Crippen molar-refractivity contribution in [3.05, 3.63) is 71.3 Å². The van der Waals surface area contributed by atoms with E-state index in [9.17, 15) is 13.2 Å². The summed E-state index contributed by atoms with van der Waals surface area (Å²) >= 11 is 0. The molecule has 7 nitrogen and oxygen atoms in total. The van der Waals surface area contributed by atoms with E-state index in [2.05, 4.69) is 86.8 Å². The van der Waals surface area contributed by atoms with Gasteiger partial charge in [0.1, 0.15) is 6.04 Å². The third-order valence-corrected chi connectivity index (χ3v) is 12.0. The van der Waals surface area contributed by atoms with Crippen LogP contribution in [0.3, 0.4) is 0 Å². The molecule has 4 aliphatic rings. The van der Waals surface area contributed by atoms with Crippen molar-refractivity contribution in [1.29, 1.82) is 0 Å². The van der Waals surface area contributed by atoms with Crippen LogP contribution in [0.1, 0.15) is 56.7 Å². The second kappa shape index (κ2) is 12.2. The molecule has 2 aromatic carbocycles. The maximum absolute atomic E-state index is 13.5. The molecule has 1 aliphatic heterocycles. The SMILES string of the molecule is C[C@@H]1[C@@H](NC(=O)C2CCS(=O)(=O)N2Cc2cccc(CN[C@@H](Cc3ccccc3)CN(C)C)c2)C[C@H]2C[C@@H]1C2(C)C. The Bertz CT molecular complexity index is 1310. The number of sulfonamides is 1. The van der Waals surface area contributed by atoms with Crippen molar-refractivity contribution in [3.63, 3.8) is 0 Å². The summed E-state index contributed by atoms with van der Waals surface area (Å²) in [6, 6.07) is 18.4. The van der Waals surface area contributed by atoms with Gasteiger partial charge in [0.25, 0.3) is 0 Å². The van der Waals surface area contributed by atoms with Gasteiger partial charge in [0.15, 0.2) is 0 Å². The van der Waals surface area contributed by atoms with Crippen LogP contribution in [0.15, 0.2) is 54.6 Å². The summed E-state index contributed by atoms with van der Waals surface area (Å²) in [7, 11) is 0.681. The zero-order chi connectivity index (χ0) is 29.4. The minimum absolute atomic E-state index is 0.0243. The van der Waals surface area contributed by atoms with E-state index < -0.39 is 16.1 Å². The van der Waals surface area contributed by atoms with E-state index in [1.807, 2.05) is 18.2 Å². The van der Waals surface area contributed by atoms with Crippen molar-refractivity contribution in [2.45, 2.75) is 77.7 Å². The van der Waals surface area contributed by atoms with E-state index in [1.165, 1.54) is 16.3 Å². The fraction of sp³-hybridized carbons (Fsp3) is 0.606. The highest BCUT2D eigenvalue weighted by molar-refractivity contribution is 7.89. The minimum atomic E-state index is -3.49. The van der Waals surface area contributed by atoms with Gasteiger partial charge in [-0.3, -0.25) is 4.79 Å². The Labute approximate surface area is 247 Å². The van der Waals surface area contributed by atoms with E-state index >= 15 is 0 Å². The first-order valence-electron chi connectivity index (χ1n) is 15.2. The summed E-state index contributed by atoms with van der Waals surface area (Å²) in [5.74, 6) is 1.56. The first-order chi connectivity index (χ1) is 19.4. The molecule has 0 aromatic heterocycles. The molecule has 0 spiro atoms. The first-order valence-corrected chi connectivity index (χ1v) is 16.8. The number of rotatable bonds is 11. The quantitative estimate of drug-likeness (QED) is 0.419. The number of nitrogens with one attached hydrogen (secondary N) is 2. The van der Waals surface area contributed by atoms with Gasteiger partial charge in [-0.15, -0.1) is 0 Å². The van der Waals surface area contributed by atoms with E-state index in [0.29, 0.717) is 36.1 Å². The molecular weight excluding hydrogens is 532 g/mol. The molecule has 1 unspecified atom stereocenters. The Morgan fingerprint density at radius 2 is 1.76 bits per heavy atom. The topological polar surface area (TPSA) is 81.8 Å². The molecule has 1 heterocycles. The van der Waals surface area contributed by atoms with E-state index in [1.54, 1.807) is 0 Å². The maximum Gasteiger partial charge on any atom is 0.238 e. The molecule has 1 amide bonds. The van der Waals surface area contributed by atoms with Gasteiger partial charge in [0, 0.05) is 31.7 Å². The number of nitrogens with zero attached hydrogens (tertiary/aromatic N) is 2. The highest BCUT2D eigenvalue weighted by Crippen LogP contribution is 2.61. The van der Waals surface area contributed by atoms with Gasteiger partial charge in [-0.2, -0.15) is 4.31 Å². The monoisotopic (exact) mass is 580 g/mol. The Balaban J connectivity index is 1.22. The smallest absolute Gasteiger partial charge is 0.238 e. The predicted octanol–water partition coefficient (Wildman–Crippen LogP) is 4.04. The Kier molecular flexibility index (Phi) is 8.95. The van der Waals surface area contributed by atoms with Crippen molar-refractivity contribution < 1.29 is 13.2 Å². The molecule has 6 rings (SSSR count). The van der Waals surface area contributed by atoms with Crippen LogP contribution in [0.2, 0.25) is 0 Å². The van der Waals surface area contributed by atoms with Crippen molar-refractivity contribution in [2.24, 2.45) is 23.2 Å². The molecule has 2 aromatic rings. The number of likely N-dealkylation sites (N-methyl/N-ethyl adjacent to an activating group) is 1. The van der Waals surface area contributed by atoms with Crippen LogP contribution in [-0.4, -0.2) is 68.0 Å². The summed E-state index contributed by atoms with van der Waals surface area (Å²) in [6.45, 7) is 8.77. The summed E-state index contributed by atoms with van der Waals surface area (Å²) in [4.78, 5) is 15.7. The number of carbonyl (C=O) groups excluding carboxylic acids is 1. The number of carbonyl (C=O) groups is 1. The van der Waals surface area contributed by atoms with Crippen LogP contribution < -0.4 is 10.6 Å². The second-order valence-electron chi connectivity index (χ2n) is 13.6. The summed E-state index contributed by atoms with van der Waals surface area (Å²) in [5.41, 5.74) is 3.66. The van der Waals surface area contributed by atoms with Gasteiger partial charge in [0.2, 0.25) is 15.9 Å². The molecule has 41 heavy (non-hydrogen) atoms. The van der Waals surface area contributed by atoms with Crippen molar-refractivity contribution in [3.8, 4) is 0 Å². The lowest BCUT2D eigenvalue weighted by molar-refractivity contribution is -0.136. The standard InChI is InChI=1S/C33H48N4O3S/c1-23-29-18-27(33(29,2)3)19-30(23)35-32(38)31-14-15-41(39,40)37(31)21-26-13-9-12-25(16-26)20-34-28(22-36(4)5)17-24-10-7-6-8-11-24/h6-13,16,23,27-31,34H,14-15,17-22H2,1-5H3,(H,35,38)/t23-,27+,28-,29-,30-,31?/m0/s1. The Hall–Kier alpha value is -2.26. The zero-order valence-corrected chi connectivity index (χ0v) is 26.2. The van der Waals surface area contributed by atoms with Crippen LogP contribution in [0.4, 0.5) is 0 Å². The van der Waals surface area contributed by atoms with E-state index in [4.69, 9.17) is 0 Å². The maximum atomic E-state index is 13.5. The minimum Gasteiger partial charge on any atom is -0.352 e. The number of fused-ring (bicyclic) bond motifs is 2. The van der Waals surface area contributed by atoms with Gasteiger partial charge < -0.3 is 15.5 Å². The average Bonchev–Trinajstić information content (AvgIpc) is 3.22. The van der Waals surface area contributed by atoms with E-state index in [0.717, 1.165) is 30.5 Å². The molecule has 224 valence electrons. The van der Waals surface area contributed by atoms with Crippen LogP contribution in [0.25, 0.3) is 0 Å². The average molecular weight is 581 g/mol. The number of hydrogen-bond acceptors (Lipinski definition) is 5. The first kappa shape index (κ1) is 30.2.